The zero-order valence-corrected chi connectivity index (χ0v) is 24.4. The largest absolute Gasteiger partial charge is 0.590 e. The van der Waals surface area contributed by atoms with E-state index in [0.29, 0.717) is 0 Å². The van der Waals surface area contributed by atoms with E-state index in [1.54, 1.807) is 60.7 Å². The molecule has 3 rings (SSSR count). The van der Waals surface area contributed by atoms with E-state index in [9.17, 15) is 18.9 Å². The van der Waals surface area contributed by atoms with Crippen molar-refractivity contribution in [1.82, 2.24) is 0 Å². The molecular weight excluding hydrogens is 559 g/mol. The fourth-order valence-electron chi connectivity index (χ4n) is 3.85. The summed E-state index contributed by atoms with van der Waals surface area (Å²) in [5.74, 6) is -1.71. The zero-order valence-electron chi connectivity index (χ0n) is 23.5. The van der Waals surface area contributed by atoms with Gasteiger partial charge in [0.1, 0.15) is 30.3 Å². The molecule has 0 spiro atoms. The number of hydrogen-bond donors (Lipinski definition) is 0. The first-order valence-electron chi connectivity index (χ1n) is 13.0. The van der Waals surface area contributed by atoms with Crippen molar-refractivity contribution in [3.63, 3.8) is 0 Å². The van der Waals surface area contributed by atoms with Crippen LogP contribution in [0.15, 0.2) is 60.7 Å². The number of esters is 3. The molecule has 0 saturated carbocycles. The maximum Gasteiger partial charge on any atom is 0.590 e. The van der Waals surface area contributed by atoms with E-state index in [-0.39, 0.29) is 30.6 Å². The van der Waals surface area contributed by atoms with Gasteiger partial charge in [0.25, 0.3) is 0 Å². The molecule has 1 aliphatic heterocycles. The van der Waals surface area contributed by atoms with Crippen LogP contribution in [0, 0.1) is 5.92 Å². The Kier molecular flexibility index (Phi) is 11.7. The molecule has 1 saturated heterocycles. The van der Waals surface area contributed by atoms with Crippen LogP contribution in [0.1, 0.15) is 34.6 Å². The van der Waals surface area contributed by atoms with Gasteiger partial charge >= 0.3 is 25.7 Å². The summed E-state index contributed by atoms with van der Waals surface area (Å²) in [7, 11) is -4.58. The molecule has 0 aromatic heterocycles. The molecule has 0 unspecified atom stereocenters. The molecule has 0 bridgehead atoms. The van der Waals surface area contributed by atoms with E-state index < -0.39 is 56.4 Å². The normalized spacial score (nSPS) is 22.4. The molecule has 1 aliphatic rings. The van der Waals surface area contributed by atoms with Crippen LogP contribution < -0.4 is 9.05 Å². The molecule has 0 aliphatic carbocycles. The number of hydrogen-bond acceptors (Lipinski definition) is 12. The van der Waals surface area contributed by atoms with E-state index in [1.807, 2.05) is 13.8 Å². The van der Waals surface area contributed by atoms with Crippen LogP contribution >= 0.6 is 7.82 Å². The third kappa shape index (κ3) is 10.2. The van der Waals surface area contributed by atoms with Gasteiger partial charge in [-0.2, -0.15) is 0 Å². The molecule has 0 N–H and O–H groups in total. The molecule has 224 valence electrons. The average molecular weight is 595 g/mol. The average Bonchev–Trinajstić information content (AvgIpc) is 2.89. The smallest absolute Gasteiger partial charge is 0.463 e. The summed E-state index contributed by atoms with van der Waals surface area (Å²) >= 11 is 0. The summed E-state index contributed by atoms with van der Waals surface area (Å²) in [4.78, 5) is 35.9. The molecule has 1 fully saturated rings. The van der Waals surface area contributed by atoms with Gasteiger partial charge in [-0.3, -0.25) is 14.4 Å². The van der Waals surface area contributed by atoms with Crippen LogP contribution in [0.5, 0.6) is 11.5 Å². The summed E-state index contributed by atoms with van der Waals surface area (Å²) in [5.41, 5.74) is 0. The van der Waals surface area contributed by atoms with Crippen LogP contribution in [-0.2, 0) is 47.2 Å². The maximum absolute atomic E-state index is 14.2. The van der Waals surface area contributed by atoms with Crippen molar-refractivity contribution in [2.24, 2.45) is 5.92 Å². The Morgan fingerprint density at radius 3 is 1.76 bits per heavy atom. The van der Waals surface area contributed by atoms with Gasteiger partial charge in [-0.25, -0.2) is 9.09 Å². The predicted octanol–water partition coefficient (Wildman–Crippen LogP) is 4.46. The van der Waals surface area contributed by atoms with Crippen LogP contribution in [0.4, 0.5) is 0 Å². The van der Waals surface area contributed by atoms with Crippen LogP contribution in [0.3, 0.4) is 0 Å². The van der Waals surface area contributed by atoms with Crippen molar-refractivity contribution in [1.29, 1.82) is 0 Å². The molecule has 0 amide bonds. The standard InChI is InChI=1S/C28H35O12P/c1-18(2)16-34-26-25(35-20(4)30)24(17-33-19(3)29)37-28(27(26)36-21(5)31)40-41(32,38-22-12-8-6-9-13-22)39-23-14-10-7-11-15-23/h6-15,18,24-28H,16-17H2,1-5H3/t24-,25-,26+,27-,28-/m1/s1. The van der Waals surface area contributed by atoms with Crippen molar-refractivity contribution in [3.8, 4) is 11.5 Å². The summed E-state index contributed by atoms with van der Waals surface area (Å²) in [5, 5.41) is 0. The molecule has 41 heavy (non-hydrogen) atoms. The highest BCUT2D eigenvalue weighted by Gasteiger charge is 2.54. The number of benzene rings is 2. The number of para-hydroxylation sites is 2. The Morgan fingerprint density at radius 2 is 1.29 bits per heavy atom. The van der Waals surface area contributed by atoms with Gasteiger partial charge in [0.2, 0.25) is 6.29 Å². The number of carbonyl (C=O) groups is 3. The van der Waals surface area contributed by atoms with Gasteiger partial charge in [-0.05, 0) is 30.2 Å². The summed E-state index contributed by atoms with van der Waals surface area (Å²) in [6.45, 7) is 7.09. The lowest BCUT2D eigenvalue weighted by molar-refractivity contribution is -0.296. The monoisotopic (exact) mass is 594 g/mol. The fraction of sp³-hybridized carbons (Fsp3) is 0.464. The van der Waals surface area contributed by atoms with E-state index in [1.165, 1.54) is 13.8 Å². The topological polar surface area (TPSA) is 142 Å². The zero-order chi connectivity index (χ0) is 30.0. The first-order chi connectivity index (χ1) is 19.5. The van der Waals surface area contributed by atoms with Gasteiger partial charge < -0.3 is 32.7 Å². The maximum atomic E-state index is 14.2. The summed E-state index contributed by atoms with van der Waals surface area (Å²) < 4.78 is 59.7. The number of rotatable bonds is 13. The van der Waals surface area contributed by atoms with Gasteiger partial charge in [0.15, 0.2) is 12.2 Å². The van der Waals surface area contributed by atoms with E-state index in [2.05, 4.69) is 0 Å². The summed E-state index contributed by atoms with van der Waals surface area (Å²) in [6.07, 6.45) is -6.58. The van der Waals surface area contributed by atoms with Crippen molar-refractivity contribution < 1.29 is 56.2 Å². The number of phosphoric acid groups is 1. The third-order valence-electron chi connectivity index (χ3n) is 5.42. The first-order valence-corrected chi connectivity index (χ1v) is 14.4. The van der Waals surface area contributed by atoms with Gasteiger partial charge in [0, 0.05) is 27.4 Å². The lowest BCUT2D eigenvalue weighted by Crippen LogP contribution is -2.62. The molecular formula is C28H35O12P. The Hall–Kier alpha value is -3.44. The summed E-state index contributed by atoms with van der Waals surface area (Å²) in [6, 6.07) is 16.3. The minimum Gasteiger partial charge on any atom is -0.463 e. The second-order valence-electron chi connectivity index (χ2n) is 9.55. The molecule has 0 radical (unpaired) electrons. The van der Waals surface area contributed by atoms with Crippen molar-refractivity contribution in [2.75, 3.05) is 13.2 Å². The molecule has 2 aromatic rings. The number of carbonyl (C=O) groups excluding carboxylic acids is 3. The van der Waals surface area contributed by atoms with Gasteiger partial charge in [0.05, 0.1) is 0 Å². The van der Waals surface area contributed by atoms with E-state index in [0.717, 1.165) is 6.92 Å². The Balaban J connectivity index is 2.04. The van der Waals surface area contributed by atoms with E-state index >= 15 is 0 Å². The van der Waals surface area contributed by atoms with Crippen LogP contribution in [0.2, 0.25) is 0 Å². The lowest BCUT2D eigenvalue weighted by atomic mass is 9.98. The number of phosphoric ester groups is 1. The Morgan fingerprint density at radius 1 is 0.780 bits per heavy atom. The molecule has 5 atom stereocenters. The van der Waals surface area contributed by atoms with Crippen molar-refractivity contribution in [3.05, 3.63) is 60.7 Å². The quantitative estimate of drug-likeness (QED) is 0.184. The van der Waals surface area contributed by atoms with E-state index in [4.69, 9.17) is 37.3 Å². The second kappa shape index (κ2) is 15.0. The third-order valence-corrected chi connectivity index (χ3v) is 6.76. The molecule has 12 nitrogen and oxygen atoms in total. The van der Waals surface area contributed by atoms with Crippen molar-refractivity contribution in [2.45, 2.75) is 65.3 Å². The predicted molar refractivity (Wildman–Crippen MR) is 144 cm³/mol. The Labute approximate surface area is 238 Å². The van der Waals surface area contributed by atoms with Gasteiger partial charge in [-0.1, -0.05) is 50.2 Å². The minimum absolute atomic E-state index is 0.0222. The van der Waals surface area contributed by atoms with Crippen molar-refractivity contribution >= 4 is 25.7 Å². The minimum atomic E-state index is -4.58. The highest BCUT2D eigenvalue weighted by Crippen LogP contribution is 2.52. The Bertz CT molecular complexity index is 1140. The molecule has 2 aromatic carbocycles. The lowest BCUT2D eigenvalue weighted by Gasteiger charge is -2.44. The highest BCUT2D eigenvalue weighted by atomic mass is 31.2. The first kappa shape index (κ1) is 32.1. The number of ether oxygens (including phenoxy) is 5. The molecule has 1 heterocycles. The van der Waals surface area contributed by atoms with Crippen LogP contribution in [0.25, 0.3) is 0 Å². The molecule has 13 heteroatoms. The highest BCUT2D eigenvalue weighted by molar-refractivity contribution is 7.49. The SMILES string of the molecule is CC(=O)OC[C@H]1O[C@H](OP(=O)(Oc2ccccc2)Oc2ccccc2)[C@H](OC(C)=O)[C@@H](OCC(C)C)[C@@H]1OC(C)=O. The second-order valence-corrected chi connectivity index (χ2v) is 11.0. The van der Waals surface area contributed by atoms with Crippen LogP contribution in [-0.4, -0.2) is 61.8 Å². The fourth-order valence-corrected chi connectivity index (χ4v) is 5.16. The van der Waals surface area contributed by atoms with Gasteiger partial charge in [-0.15, -0.1) is 0 Å².